The number of allylic oxidation sites excluding steroid dienone is 1. The molecule has 0 amide bonds. The zero-order valence-electron chi connectivity index (χ0n) is 13.5. The lowest BCUT2D eigenvalue weighted by Gasteiger charge is -2.32. The van der Waals surface area contributed by atoms with Crippen molar-refractivity contribution in [2.45, 2.75) is 57.7 Å². The molecule has 1 saturated heterocycles. The highest BCUT2D eigenvalue weighted by Gasteiger charge is 2.54. The van der Waals surface area contributed by atoms with Gasteiger partial charge in [0.05, 0.1) is 11.2 Å². The largest absolute Gasteiger partial charge is 0.525 e. The summed E-state index contributed by atoms with van der Waals surface area (Å²) in [6.45, 7) is 7.76. The Labute approximate surface area is 140 Å². The van der Waals surface area contributed by atoms with Crippen LogP contribution in [0.15, 0.2) is 40.0 Å². The van der Waals surface area contributed by atoms with E-state index in [2.05, 4.69) is 28.1 Å². The van der Waals surface area contributed by atoms with Gasteiger partial charge in [-0.2, -0.15) is 0 Å². The zero-order chi connectivity index (χ0) is 16.1. The molecule has 1 saturated carbocycles. The van der Waals surface area contributed by atoms with Gasteiger partial charge in [0.25, 0.3) is 0 Å². The summed E-state index contributed by atoms with van der Waals surface area (Å²) < 4.78 is 27.2. The number of benzene rings is 1. The van der Waals surface area contributed by atoms with Crippen molar-refractivity contribution in [3.63, 3.8) is 0 Å². The smallest absolute Gasteiger partial charge is 0.398 e. The number of halogens is 2. The minimum Gasteiger partial charge on any atom is -0.398 e. The van der Waals surface area contributed by atoms with Crippen molar-refractivity contribution in [3.8, 4) is 0 Å². The number of hydrogen-bond donors (Lipinski definition) is 0. The van der Waals surface area contributed by atoms with E-state index >= 15 is 0 Å². The van der Waals surface area contributed by atoms with Crippen molar-refractivity contribution in [3.05, 3.63) is 45.6 Å². The molecule has 2 aliphatic rings. The molecule has 0 aromatic heterocycles. The molecular formula is C17H21BBrFO2. The van der Waals surface area contributed by atoms with Crippen LogP contribution in [0.3, 0.4) is 0 Å². The maximum atomic E-state index is 14.6. The van der Waals surface area contributed by atoms with Crippen LogP contribution in [0.2, 0.25) is 0 Å². The van der Waals surface area contributed by atoms with Crippen LogP contribution >= 0.6 is 15.9 Å². The van der Waals surface area contributed by atoms with Crippen molar-refractivity contribution < 1.29 is 13.7 Å². The Hall–Kier alpha value is -0.645. The Morgan fingerprint density at radius 1 is 1.09 bits per heavy atom. The van der Waals surface area contributed by atoms with Gasteiger partial charge in [0.1, 0.15) is 5.73 Å². The molecule has 0 N–H and O–H groups in total. The summed E-state index contributed by atoms with van der Waals surface area (Å²) in [5, 5.41) is 0. The van der Waals surface area contributed by atoms with Gasteiger partial charge in [-0.25, -0.2) is 4.39 Å². The first-order chi connectivity index (χ1) is 10.2. The van der Waals surface area contributed by atoms with Gasteiger partial charge in [-0.15, -0.1) is 0 Å². The van der Waals surface area contributed by atoms with Crippen LogP contribution in [0.25, 0.3) is 0 Å². The van der Waals surface area contributed by atoms with E-state index in [9.17, 15) is 4.39 Å². The minimum absolute atomic E-state index is 0.230. The lowest BCUT2D eigenvalue weighted by molar-refractivity contribution is 0.00578. The molecule has 2 fully saturated rings. The molecule has 0 spiro atoms. The third-order valence-corrected chi connectivity index (χ3v) is 5.65. The lowest BCUT2D eigenvalue weighted by atomic mass is 9.70. The Morgan fingerprint density at radius 3 is 2.09 bits per heavy atom. The van der Waals surface area contributed by atoms with Crippen LogP contribution in [0.5, 0.6) is 0 Å². The number of rotatable bonds is 2. The van der Waals surface area contributed by atoms with Crippen LogP contribution < -0.4 is 0 Å². The quantitative estimate of drug-likeness (QED) is 0.671. The predicted octanol–water partition coefficient (Wildman–Crippen LogP) is 5.18. The third kappa shape index (κ3) is 2.79. The molecule has 0 unspecified atom stereocenters. The minimum atomic E-state index is -0.856. The van der Waals surface area contributed by atoms with Crippen LogP contribution in [-0.2, 0) is 9.31 Å². The molecule has 1 aliphatic carbocycles. The molecule has 1 aliphatic heterocycles. The van der Waals surface area contributed by atoms with Crippen molar-refractivity contribution >= 4 is 23.0 Å². The topological polar surface area (TPSA) is 18.5 Å². The van der Waals surface area contributed by atoms with E-state index in [1.54, 1.807) is 0 Å². The highest BCUT2D eigenvalue weighted by Crippen LogP contribution is 2.46. The van der Waals surface area contributed by atoms with E-state index in [4.69, 9.17) is 9.31 Å². The number of hydrogen-bond acceptors (Lipinski definition) is 2. The van der Waals surface area contributed by atoms with E-state index in [-0.39, 0.29) is 5.73 Å². The van der Waals surface area contributed by atoms with E-state index in [1.807, 2.05) is 39.8 Å². The normalized spacial score (nSPS) is 26.0. The van der Waals surface area contributed by atoms with Crippen LogP contribution in [-0.4, -0.2) is 18.3 Å². The maximum Gasteiger partial charge on any atom is 0.525 e. The van der Waals surface area contributed by atoms with Gasteiger partial charge in [0.2, 0.25) is 0 Å². The monoisotopic (exact) mass is 366 g/mol. The SMILES string of the molecule is CC1(C)OB(C(F)=C2CC(c3ccc(Br)cc3)C2)OC1(C)C. The van der Waals surface area contributed by atoms with Crippen LogP contribution in [0, 0.1) is 0 Å². The van der Waals surface area contributed by atoms with Gasteiger partial charge >= 0.3 is 7.12 Å². The molecule has 1 aromatic rings. The Kier molecular flexibility index (Phi) is 4.03. The molecule has 0 bridgehead atoms. The fourth-order valence-electron chi connectivity index (χ4n) is 2.81. The fraction of sp³-hybridized carbons (Fsp3) is 0.529. The molecule has 118 valence electrons. The summed E-state index contributed by atoms with van der Waals surface area (Å²) in [5.41, 5.74) is 0.863. The second-order valence-electron chi connectivity index (χ2n) is 7.20. The van der Waals surface area contributed by atoms with Gasteiger partial charge < -0.3 is 9.31 Å². The van der Waals surface area contributed by atoms with Gasteiger partial charge in [-0.1, -0.05) is 28.1 Å². The third-order valence-electron chi connectivity index (χ3n) is 5.12. The highest BCUT2D eigenvalue weighted by molar-refractivity contribution is 9.10. The Bertz CT molecular complexity index is 586. The molecule has 0 radical (unpaired) electrons. The molecular weight excluding hydrogens is 346 g/mol. The van der Waals surface area contributed by atoms with E-state index in [0.717, 1.165) is 22.9 Å². The van der Waals surface area contributed by atoms with Gasteiger partial charge in [0.15, 0.2) is 0 Å². The molecule has 5 heteroatoms. The summed E-state index contributed by atoms with van der Waals surface area (Å²) in [5.74, 6) is 0.399. The maximum absolute atomic E-state index is 14.6. The van der Waals surface area contributed by atoms with Crippen molar-refractivity contribution in [1.29, 1.82) is 0 Å². The molecule has 1 heterocycles. The van der Waals surface area contributed by atoms with Crippen LogP contribution in [0.4, 0.5) is 4.39 Å². The van der Waals surface area contributed by atoms with Crippen molar-refractivity contribution in [2.75, 3.05) is 0 Å². The second kappa shape index (κ2) is 5.46. The molecule has 1 aromatic carbocycles. The lowest BCUT2D eigenvalue weighted by Crippen LogP contribution is -2.41. The first-order valence-electron chi connectivity index (χ1n) is 7.68. The summed E-state index contributed by atoms with van der Waals surface area (Å²) in [7, 11) is -0.856. The molecule has 22 heavy (non-hydrogen) atoms. The van der Waals surface area contributed by atoms with Gasteiger partial charge in [-0.05, 0) is 69.7 Å². The summed E-state index contributed by atoms with van der Waals surface area (Å²) in [6.07, 6.45) is 1.50. The first-order valence-corrected chi connectivity index (χ1v) is 8.47. The molecule has 0 atom stereocenters. The average Bonchev–Trinajstić information content (AvgIpc) is 2.59. The summed E-state index contributed by atoms with van der Waals surface area (Å²) in [6, 6.07) is 8.25. The zero-order valence-corrected chi connectivity index (χ0v) is 15.0. The van der Waals surface area contributed by atoms with E-state index in [1.165, 1.54) is 5.56 Å². The molecule has 3 rings (SSSR count). The van der Waals surface area contributed by atoms with Crippen molar-refractivity contribution in [1.82, 2.24) is 0 Å². The average molecular weight is 367 g/mol. The van der Waals surface area contributed by atoms with Crippen LogP contribution in [0.1, 0.15) is 52.0 Å². The highest BCUT2D eigenvalue weighted by atomic mass is 79.9. The molecule has 2 nitrogen and oxygen atoms in total. The second-order valence-corrected chi connectivity index (χ2v) is 8.11. The van der Waals surface area contributed by atoms with E-state index in [0.29, 0.717) is 5.92 Å². The standard InChI is InChI=1S/C17H21BBrFO2/c1-16(2)17(3,4)22-18(21-16)15(20)13-9-12(10-13)11-5-7-14(19)8-6-11/h5-8,12H,9-10H2,1-4H3. The van der Waals surface area contributed by atoms with Gasteiger partial charge in [-0.3, -0.25) is 0 Å². The predicted molar refractivity (Wildman–Crippen MR) is 90.3 cm³/mol. The first kappa shape index (κ1) is 16.2. The Morgan fingerprint density at radius 2 is 1.59 bits per heavy atom. The van der Waals surface area contributed by atoms with E-state index < -0.39 is 18.3 Å². The van der Waals surface area contributed by atoms with Gasteiger partial charge in [0, 0.05) is 4.47 Å². The van der Waals surface area contributed by atoms with Crippen molar-refractivity contribution in [2.24, 2.45) is 0 Å². The fourth-order valence-corrected chi connectivity index (χ4v) is 3.08. The Balaban J connectivity index is 1.68. The summed E-state index contributed by atoms with van der Waals surface area (Å²) >= 11 is 3.43. The summed E-state index contributed by atoms with van der Waals surface area (Å²) in [4.78, 5) is 0.